The zero-order chi connectivity index (χ0) is 29.1. The first-order valence-corrected chi connectivity index (χ1v) is 15.7. The number of nitrogens with zero attached hydrogens (tertiary/aromatic N) is 3. The summed E-state index contributed by atoms with van der Waals surface area (Å²) >= 11 is 7.53. The number of thiazole rings is 1. The van der Waals surface area contributed by atoms with Gasteiger partial charge in [-0.05, 0) is 54.5 Å². The largest absolute Gasteiger partial charge is 0.336 e. The number of para-hydroxylation sites is 1. The first-order chi connectivity index (χ1) is 19.8. The molecule has 0 spiro atoms. The second kappa shape index (κ2) is 12.7. The SMILES string of the molecule is CCc1cccc(CC)c1-n1c(CC(C)C)c(C(=O)N2CCNCC2)cc(-c2nc(-c3ccc(Cl)cc3)cs2)c1=O. The quantitative estimate of drug-likeness (QED) is 0.250. The van der Waals surface area contributed by atoms with Crippen molar-refractivity contribution >= 4 is 28.8 Å². The van der Waals surface area contributed by atoms with E-state index in [1.165, 1.54) is 11.3 Å². The van der Waals surface area contributed by atoms with Gasteiger partial charge in [0.1, 0.15) is 5.01 Å². The molecule has 6 nitrogen and oxygen atoms in total. The molecule has 1 amide bonds. The molecule has 0 bridgehead atoms. The summed E-state index contributed by atoms with van der Waals surface area (Å²) < 4.78 is 1.85. The van der Waals surface area contributed by atoms with Gasteiger partial charge in [-0.2, -0.15) is 0 Å². The van der Waals surface area contributed by atoms with Gasteiger partial charge in [0, 0.05) is 47.8 Å². The second-order valence-corrected chi connectivity index (χ2v) is 12.2. The number of piperazine rings is 1. The summed E-state index contributed by atoms with van der Waals surface area (Å²) in [5, 5.41) is 6.56. The van der Waals surface area contributed by atoms with Gasteiger partial charge in [0.15, 0.2) is 0 Å². The monoisotopic (exact) mass is 588 g/mol. The van der Waals surface area contributed by atoms with E-state index in [9.17, 15) is 9.59 Å². The van der Waals surface area contributed by atoms with E-state index in [0.717, 1.165) is 59.7 Å². The Bertz CT molecular complexity index is 1580. The molecule has 5 rings (SSSR count). The van der Waals surface area contributed by atoms with Gasteiger partial charge in [0.2, 0.25) is 0 Å². The molecular formula is C33H37ClN4O2S. The van der Waals surface area contributed by atoms with Crippen LogP contribution >= 0.6 is 22.9 Å². The summed E-state index contributed by atoms with van der Waals surface area (Å²) in [4.78, 5) is 35.6. The fourth-order valence-electron chi connectivity index (χ4n) is 5.51. The van der Waals surface area contributed by atoms with Crippen molar-refractivity contribution < 1.29 is 4.79 Å². The highest BCUT2D eigenvalue weighted by atomic mass is 35.5. The molecule has 1 fully saturated rings. The number of aryl methyl sites for hydroxylation is 2. The number of pyridine rings is 1. The molecule has 2 aromatic heterocycles. The van der Waals surface area contributed by atoms with Gasteiger partial charge in [-0.15, -0.1) is 11.3 Å². The van der Waals surface area contributed by atoms with Crippen LogP contribution in [0.5, 0.6) is 0 Å². The highest BCUT2D eigenvalue weighted by Crippen LogP contribution is 2.32. The van der Waals surface area contributed by atoms with Gasteiger partial charge in [-0.3, -0.25) is 14.2 Å². The van der Waals surface area contributed by atoms with Crippen LogP contribution in [0.15, 0.2) is 58.7 Å². The van der Waals surface area contributed by atoms with E-state index in [0.29, 0.717) is 40.7 Å². The van der Waals surface area contributed by atoms with Crippen LogP contribution in [0.2, 0.25) is 5.02 Å². The molecular weight excluding hydrogens is 552 g/mol. The zero-order valence-corrected chi connectivity index (χ0v) is 25.7. The lowest BCUT2D eigenvalue weighted by molar-refractivity contribution is 0.0733. The van der Waals surface area contributed by atoms with E-state index < -0.39 is 0 Å². The fourth-order valence-corrected chi connectivity index (χ4v) is 6.47. The van der Waals surface area contributed by atoms with E-state index in [1.807, 2.05) is 45.2 Å². The lowest BCUT2D eigenvalue weighted by atomic mass is 9.97. The summed E-state index contributed by atoms with van der Waals surface area (Å²) in [6.07, 6.45) is 2.16. The van der Waals surface area contributed by atoms with Gasteiger partial charge in [-0.25, -0.2) is 4.98 Å². The Morgan fingerprint density at radius 2 is 1.71 bits per heavy atom. The van der Waals surface area contributed by atoms with Crippen LogP contribution in [0.3, 0.4) is 0 Å². The summed E-state index contributed by atoms with van der Waals surface area (Å²) in [6.45, 7) is 11.3. The smallest absolute Gasteiger partial charge is 0.265 e. The van der Waals surface area contributed by atoms with E-state index in [-0.39, 0.29) is 17.4 Å². The normalized spacial score (nSPS) is 13.7. The van der Waals surface area contributed by atoms with E-state index >= 15 is 0 Å². The molecule has 1 aliphatic heterocycles. The molecule has 4 aromatic rings. The van der Waals surface area contributed by atoms with Crippen LogP contribution in [-0.2, 0) is 19.3 Å². The maximum Gasteiger partial charge on any atom is 0.265 e. The number of benzene rings is 2. The van der Waals surface area contributed by atoms with Gasteiger partial charge >= 0.3 is 0 Å². The Hall–Kier alpha value is -3.26. The number of hydrogen-bond acceptors (Lipinski definition) is 5. The molecule has 1 saturated heterocycles. The molecule has 2 aromatic carbocycles. The van der Waals surface area contributed by atoms with Crippen molar-refractivity contribution in [2.45, 2.75) is 47.0 Å². The van der Waals surface area contributed by atoms with Crippen molar-refractivity contribution in [3.63, 3.8) is 0 Å². The van der Waals surface area contributed by atoms with E-state index in [4.69, 9.17) is 16.6 Å². The number of rotatable bonds is 8. The second-order valence-electron chi connectivity index (χ2n) is 10.9. The van der Waals surface area contributed by atoms with Gasteiger partial charge in [-0.1, -0.05) is 69.6 Å². The molecule has 1 aliphatic rings. The van der Waals surface area contributed by atoms with Crippen molar-refractivity contribution in [2.24, 2.45) is 5.92 Å². The summed E-state index contributed by atoms with van der Waals surface area (Å²) in [5.74, 6) is 0.218. The third kappa shape index (κ3) is 6.03. The zero-order valence-electron chi connectivity index (χ0n) is 24.2. The lowest BCUT2D eigenvalue weighted by Gasteiger charge is -2.30. The molecule has 41 heavy (non-hydrogen) atoms. The summed E-state index contributed by atoms with van der Waals surface area (Å²) in [5.41, 5.74) is 6.48. The van der Waals surface area contributed by atoms with Crippen LogP contribution in [0, 0.1) is 5.92 Å². The number of amides is 1. The molecule has 1 N–H and O–H groups in total. The Morgan fingerprint density at radius 1 is 1.05 bits per heavy atom. The van der Waals surface area contributed by atoms with Crippen LogP contribution in [0.25, 0.3) is 27.5 Å². The first kappa shape index (κ1) is 29.2. The Balaban J connectivity index is 1.80. The standard InChI is InChI=1S/C33H37ClN4O2S/c1-5-22-8-7-9-23(6-2)30(22)38-29(18-21(3)4)26(32(39)37-16-14-35-15-17-37)19-27(33(38)40)31-36-28(20-41-31)24-10-12-25(34)13-11-24/h7-13,19-21,35H,5-6,14-18H2,1-4H3. The highest BCUT2D eigenvalue weighted by Gasteiger charge is 2.28. The van der Waals surface area contributed by atoms with Crippen molar-refractivity contribution in [1.29, 1.82) is 0 Å². The fraction of sp³-hybridized carbons (Fsp3) is 0.364. The maximum absolute atomic E-state index is 14.6. The topological polar surface area (TPSA) is 67.2 Å². The van der Waals surface area contributed by atoms with Crippen molar-refractivity contribution in [2.75, 3.05) is 26.2 Å². The van der Waals surface area contributed by atoms with Crippen molar-refractivity contribution in [3.8, 4) is 27.5 Å². The van der Waals surface area contributed by atoms with E-state index in [1.54, 1.807) is 0 Å². The Labute approximate surface area is 251 Å². The van der Waals surface area contributed by atoms with Crippen LogP contribution in [-0.4, -0.2) is 46.5 Å². The Morgan fingerprint density at radius 3 is 2.32 bits per heavy atom. The highest BCUT2D eigenvalue weighted by molar-refractivity contribution is 7.13. The van der Waals surface area contributed by atoms with Crippen LogP contribution in [0.4, 0.5) is 0 Å². The molecule has 3 heterocycles. The number of hydrogen-bond donors (Lipinski definition) is 1. The molecule has 0 atom stereocenters. The lowest BCUT2D eigenvalue weighted by Crippen LogP contribution is -2.47. The average Bonchev–Trinajstić information content (AvgIpc) is 3.47. The maximum atomic E-state index is 14.6. The first-order valence-electron chi connectivity index (χ1n) is 14.4. The minimum absolute atomic E-state index is 0.0290. The van der Waals surface area contributed by atoms with Crippen LogP contribution < -0.4 is 10.9 Å². The molecule has 0 aliphatic carbocycles. The molecule has 214 valence electrons. The minimum Gasteiger partial charge on any atom is -0.336 e. The predicted molar refractivity (Wildman–Crippen MR) is 170 cm³/mol. The average molecular weight is 589 g/mol. The minimum atomic E-state index is -0.134. The van der Waals surface area contributed by atoms with Gasteiger partial charge in [0.05, 0.1) is 22.5 Å². The number of carbonyl (C=O) groups is 1. The molecule has 0 unspecified atom stereocenters. The predicted octanol–water partition coefficient (Wildman–Crippen LogP) is 6.65. The molecule has 8 heteroatoms. The van der Waals surface area contributed by atoms with Crippen molar-refractivity contribution in [1.82, 2.24) is 19.8 Å². The van der Waals surface area contributed by atoms with Crippen molar-refractivity contribution in [3.05, 3.63) is 91.7 Å². The third-order valence-electron chi connectivity index (χ3n) is 7.60. The third-order valence-corrected chi connectivity index (χ3v) is 8.73. The summed E-state index contributed by atoms with van der Waals surface area (Å²) in [6, 6.07) is 15.6. The number of halogens is 1. The molecule has 0 saturated carbocycles. The van der Waals surface area contributed by atoms with Gasteiger partial charge in [0.25, 0.3) is 11.5 Å². The van der Waals surface area contributed by atoms with E-state index in [2.05, 4.69) is 51.2 Å². The van der Waals surface area contributed by atoms with Gasteiger partial charge < -0.3 is 10.2 Å². The number of carbonyl (C=O) groups excluding carboxylic acids is 1. The number of nitrogens with one attached hydrogen (secondary N) is 1. The number of aromatic nitrogens is 2. The summed E-state index contributed by atoms with van der Waals surface area (Å²) in [7, 11) is 0. The van der Waals surface area contributed by atoms with Crippen LogP contribution in [0.1, 0.15) is 54.9 Å². The molecule has 0 radical (unpaired) electrons. The Kier molecular flexibility index (Phi) is 9.07.